The zero-order chi connectivity index (χ0) is 20.9. The highest BCUT2D eigenvalue weighted by Gasteiger charge is 2.20. The zero-order valence-electron chi connectivity index (χ0n) is 17.2. The molecule has 2 aromatic carbocycles. The van der Waals surface area contributed by atoms with E-state index < -0.39 is 12.0 Å². The van der Waals surface area contributed by atoms with Crippen LogP contribution in [0.25, 0.3) is 0 Å². The van der Waals surface area contributed by atoms with Gasteiger partial charge >= 0.3 is 5.97 Å². The van der Waals surface area contributed by atoms with Crippen molar-refractivity contribution in [2.75, 3.05) is 6.61 Å². The average molecular weight is 383 g/mol. The first kappa shape index (κ1) is 21.5. The van der Waals surface area contributed by atoms with Gasteiger partial charge in [-0.2, -0.15) is 0 Å². The average Bonchev–Trinajstić information content (AvgIpc) is 2.61. The highest BCUT2D eigenvalue weighted by Crippen LogP contribution is 2.25. The Balaban J connectivity index is 2.07. The maximum atomic E-state index is 12.4. The van der Waals surface area contributed by atoms with Crippen LogP contribution in [0.4, 0.5) is 0 Å². The molecule has 0 spiro atoms. The van der Waals surface area contributed by atoms with Crippen LogP contribution in [0.3, 0.4) is 0 Å². The van der Waals surface area contributed by atoms with E-state index in [0.717, 1.165) is 22.3 Å². The SMILES string of the molecule is Cc1ccc(C)c(OCC(=O)N[C@H](CC(=O)O)c2ccc(C(C)(C)C)cc2)c1. The molecule has 1 atom stereocenters. The minimum absolute atomic E-state index is 0.00356. The summed E-state index contributed by atoms with van der Waals surface area (Å²) in [5.74, 6) is -0.674. The number of hydrogen-bond donors (Lipinski definition) is 2. The van der Waals surface area contributed by atoms with Gasteiger partial charge in [0.1, 0.15) is 5.75 Å². The Morgan fingerprint density at radius 3 is 2.29 bits per heavy atom. The fourth-order valence-corrected chi connectivity index (χ4v) is 2.88. The van der Waals surface area contributed by atoms with Gasteiger partial charge in [-0.25, -0.2) is 0 Å². The number of carboxylic acids is 1. The Bertz CT molecular complexity index is 835. The number of carboxylic acid groups (broad SMARTS) is 1. The van der Waals surface area contributed by atoms with Crippen molar-refractivity contribution in [3.05, 3.63) is 64.7 Å². The van der Waals surface area contributed by atoms with Gasteiger partial charge in [0, 0.05) is 0 Å². The zero-order valence-corrected chi connectivity index (χ0v) is 17.2. The van der Waals surface area contributed by atoms with E-state index in [0.29, 0.717) is 5.75 Å². The maximum Gasteiger partial charge on any atom is 0.305 e. The molecule has 0 aliphatic rings. The van der Waals surface area contributed by atoms with E-state index in [4.69, 9.17) is 4.74 Å². The topological polar surface area (TPSA) is 75.6 Å². The summed E-state index contributed by atoms with van der Waals surface area (Å²) in [5, 5.41) is 12.0. The van der Waals surface area contributed by atoms with Crippen LogP contribution in [-0.2, 0) is 15.0 Å². The number of aliphatic carboxylic acids is 1. The Morgan fingerprint density at radius 1 is 1.07 bits per heavy atom. The smallest absolute Gasteiger partial charge is 0.305 e. The molecule has 5 nitrogen and oxygen atoms in total. The highest BCUT2D eigenvalue weighted by atomic mass is 16.5. The Hall–Kier alpha value is -2.82. The molecule has 0 saturated carbocycles. The molecule has 0 aliphatic heterocycles. The van der Waals surface area contributed by atoms with Crippen LogP contribution >= 0.6 is 0 Å². The number of amides is 1. The van der Waals surface area contributed by atoms with Crippen molar-refractivity contribution in [3.63, 3.8) is 0 Å². The minimum atomic E-state index is -0.972. The second-order valence-corrected chi connectivity index (χ2v) is 8.15. The molecule has 2 aromatic rings. The number of hydrogen-bond acceptors (Lipinski definition) is 3. The molecule has 0 bridgehead atoms. The molecule has 28 heavy (non-hydrogen) atoms. The molecule has 150 valence electrons. The summed E-state index contributed by atoms with van der Waals surface area (Å²) < 4.78 is 5.63. The lowest BCUT2D eigenvalue weighted by molar-refractivity contribution is -0.137. The molecule has 0 aliphatic carbocycles. The Morgan fingerprint density at radius 2 is 1.71 bits per heavy atom. The van der Waals surface area contributed by atoms with Gasteiger partial charge in [-0.1, -0.05) is 57.2 Å². The summed E-state index contributed by atoms with van der Waals surface area (Å²) in [6.07, 6.45) is -0.190. The van der Waals surface area contributed by atoms with Crippen molar-refractivity contribution >= 4 is 11.9 Å². The summed E-state index contributed by atoms with van der Waals surface area (Å²) in [6.45, 7) is 10.0. The van der Waals surface area contributed by atoms with Crippen molar-refractivity contribution in [1.82, 2.24) is 5.32 Å². The third kappa shape index (κ3) is 6.12. The Labute approximate surface area is 166 Å². The van der Waals surface area contributed by atoms with Crippen molar-refractivity contribution in [3.8, 4) is 5.75 Å². The normalized spacial score (nSPS) is 12.3. The predicted octanol–water partition coefficient (Wildman–Crippen LogP) is 4.31. The van der Waals surface area contributed by atoms with Crippen LogP contribution in [0.2, 0.25) is 0 Å². The molecule has 0 saturated heterocycles. The van der Waals surface area contributed by atoms with Gasteiger partial charge in [0.05, 0.1) is 12.5 Å². The van der Waals surface area contributed by atoms with Crippen LogP contribution in [0.1, 0.15) is 55.5 Å². The van der Waals surface area contributed by atoms with Gasteiger partial charge in [-0.15, -0.1) is 0 Å². The van der Waals surface area contributed by atoms with E-state index in [1.165, 1.54) is 0 Å². The molecule has 0 heterocycles. The fraction of sp³-hybridized carbons (Fsp3) is 0.391. The molecule has 2 rings (SSSR count). The second-order valence-electron chi connectivity index (χ2n) is 8.15. The predicted molar refractivity (Wildman–Crippen MR) is 110 cm³/mol. The lowest BCUT2D eigenvalue weighted by atomic mass is 9.86. The number of aryl methyl sites for hydroxylation is 2. The molecule has 0 fully saturated rings. The summed E-state index contributed by atoms with van der Waals surface area (Å²) >= 11 is 0. The van der Waals surface area contributed by atoms with Crippen LogP contribution in [0.5, 0.6) is 5.75 Å². The van der Waals surface area contributed by atoms with Crippen LogP contribution < -0.4 is 10.1 Å². The van der Waals surface area contributed by atoms with Gasteiger partial charge in [-0.05, 0) is 47.6 Å². The number of rotatable bonds is 7. The molecule has 0 aromatic heterocycles. The number of carbonyl (C=O) groups excluding carboxylic acids is 1. The quantitative estimate of drug-likeness (QED) is 0.747. The van der Waals surface area contributed by atoms with E-state index in [1.807, 2.05) is 56.3 Å². The van der Waals surface area contributed by atoms with E-state index in [2.05, 4.69) is 26.1 Å². The standard InChI is InChI=1S/C23H29NO4/c1-15-6-7-16(2)20(12-15)28-14-21(25)24-19(13-22(26)27)17-8-10-18(11-9-17)23(3,4)5/h6-12,19H,13-14H2,1-5H3,(H,24,25)(H,26,27)/t19-/m1/s1. The molecule has 2 N–H and O–H groups in total. The van der Waals surface area contributed by atoms with Crippen molar-refractivity contribution in [2.24, 2.45) is 0 Å². The van der Waals surface area contributed by atoms with E-state index in [1.54, 1.807) is 0 Å². The molecule has 0 unspecified atom stereocenters. The first-order chi connectivity index (χ1) is 13.1. The number of ether oxygens (including phenoxy) is 1. The second kappa shape index (κ2) is 8.91. The number of carbonyl (C=O) groups is 2. The van der Waals surface area contributed by atoms with Gasteiger partial charge in [0.15, 0.2) is 6.61 Å². The van der Waals surface area contributed by atoms with E-state index in [-0.39, 0.29) is 24.3 Å². The number of benzene rings is 2. The largest absolute Gasteiger partial charge is 0.483 e. The fourth-order valence-electron chi connectivity index (χ4n) is 2.88. The first-order valence-electron chi connectivity index (χ1n) is 9.38. The Kier molecular flexibility index (Phi) is 6.84. The molecular weight excluding hydrogens is 354 g/mol. The summed E-state index contributed by atoms with van der Waals surface area (Å²) in [5.41, 5.74) is 3.90. The monoisotopic (exact) mass is 383 g/mol. The van der Waals surface area contributed by atoms with Crippen LogP contribution in [0, 0.1) is 13.8 Å². The molecule has 0 radical (unpaired) electrons. The van der Waals surface area contributed by atoms with Gasteiger partial charge < -0.3 is 15.2 Å². The van der Waals surface area contributed by atoms with Gasteiger partial charge in [0.2, 0.25) is 0 Å². The first-order valence-corrected chi connectivity index (χ1v) is 9.38. The third-order valence-corrected chi connectivity index (χ3v) is 4.60. The molecule has 5 heteroatoms. The van der Waals surface area contributed by atoms with E-state index >= 15 is 0 Å². The minimum Gasteiger partial charge on any atom is -0.483 e. The summed E-state index contributed by atoms with van der Waals surface area (Å²) in [7, 11) is 0. The third-order valence-electron chi connectivity index (χ3n) is 4.60. The molecular formula is C23H29NO4. The maximum absolute atomic E-state index is 12.4. The lowest BCUT2D eigenvalue weighted by Crippen LogP contribution is -2.34. The van der Waals surface area contributed by atoms with E-state index in [9.17, 15) is 14.7 Å². The summed E-state index contributed by atoms with van der Waals surface area (Å²) in [4.78, 5) is 23.6. The molecule has 1 amide bonds. The summed E-state index contributed by atoms with van der Waals surface area (Å²) in [6, 6.07) is 12.9. The van der Waals surface area contributed by atoms with Crippen molar-refractivity contribution in [1.29, 1.82) is 0 Å². The van der Waals surface area contributed by atoms with Crippen LogP contribution in [0.15, 0.2) is 42.5 Å². The lowest BCUT2D eigenvalue weighted by Gasteiger charge is -2.22. The van der Waals surface area contributed by atoms with Crippen LogP contribution in [-0.4, -0.2) is 23.6 Å². The number of nitrogens with one attached hydrogen (secondary N) is 1. The van der Waals surface area contributed by atoms with Gasteiger partial charge in [-0.3, -0.25) is 9.59 Å². The van der Waals surface area contributed by atoms with Crippen molar-refractivity contribution < 1.29 is 19.4 Å². The highest BCUT2D eigenvalue weighted by molar-refractivity contribution is 5.79. The van der Waals surface area contributed by atoms with Gasteiger partial charge in [0.25, 0.3) is 5.91 Å². The van der Waals surface area contributed by atoms with Crippen molar-refractivity contribution in [2.45, 2.75) is 52.5 Å².